The molecule has 4 rings (SSSR count). The highest BCUT2D eigenvalue weighted by molar-refractivity contribution is 6.08. The van der Waals surface area contributed by atoms with Crippen LogP contribution in [0.15, 0.2) is 72.8 Å². The summed E-state index contributed by atoms with van der Waals surface area (Å²) in [6, 6.07) is 20.5. The van der Waals surface area contributed by atoms with E-state index in [2.05, 4.69) is 6.07 Å². The molecule has 0 aromatic heterocycles. The fraction of sp³-hybridized carbons (Fsp3) is 0.136. The number of nitrogens with two attached hydrogens (primary N) is 1. The summed E-state index contributed by atoms with van der Waals surface area (Å²) in [7, 11) is 0. The number of ether oxygens (including phenoxy) is 1. The van der Waals surface area contributed by atoms with Gasteiger partial charge in [0, 0.05) is 17.2 Å². The van der Waals surface area contributed by atoms with Gasteiger partial charge in [-0.25, -0.2) is 4.39 Å². The zero-order chi connectivity index (χ0) is 18.1. The SMILES string of the molecule is Cl.N[C@H]1Cc2ccccc2[C@H]1Oc1ccc(C(=O)c2ccc(F)cc2)cc1. The van der Waals surface area contributed by atoms with Crippen LogP contribution >= 0.6 is 12.4 Å². The Balaban J connectivity index is 0.00000210. The minimum Gasteiger partial charge on any atom is -0.484 e. The Labute approximate surface area is 163 Å². The molecule has 138 valence electrons. The summed E-state index contributed by atoms with van der Waals surface area (Å²) >= 11 is 0. The van der Waals surface area contributed by atoms with Crippen molar-refractivity contribution in [2.45, 2.75) is 18.6 Å². The van der Waals surface area contributed by atoms with Gasteiger partial charge in [-0.15, -0.1) is 12.4 Å². The Morgan fingerprint density at radius 2 is 1.52 bits per heavy atom. The van der Waals surface area contributed by atoms with Crippen molar-refractivity contribution in [1.29, 1.82) is 0 Å². The number of fused-ring (bicyclic) bond motifs is 1. The second-order valence-corrected chi connectivity index (χ2v) is 6.47. The summed E-state index contributed by atoms with van der Waals surface area (Å²) in [4.78, 5) is 12.4. The summed E-state index contributed by atoms with van der Waals surface area (Å²) in [6.07, 6.45) is 0.604. The maximum absolute atomic E-state index is 13.0. The van der Waals surface area contributed by atoms with Gasteiger partial charge in [-0.2, -0.15) is 0 Å². The lowest BCUT2D eigenvalue weighted by atomic mass is 10.0. The van der Waals surface area contributed by atoms with Gasteiger partial charge in [0.2, 0.25) is 0 Å². The van der Waals surface area contributed by atoms with Crippen molar-refractivity contribution in [2.24, 2.45) is 5.73 Å². The molecule has 0 bridgehead atoms. The summed E-state index contributed by atoms with van der Waals surface area (Å²) in [5.74, 6) is 0.149. The average molecular weight is 384 g/mol. The van der Waals surface area contributed by atoms with E-state index in [4.69, 9.17) is 10.5 Å². The molecule has 0 fully saturated rings. The number of hydrogen-bond donors (Lipinski definition) is 1. The zero-order valence-electron chi connectivity index (χ0n) is 14.5. The standard InChI is InChI=1S/C22H18FNO2.ClH/c23-17-9-5-14(6-10-17)21(25)15-7-11-18(12-8-15)26-22-19-4-2-1-3-16(19)13-20(22)24;/h1-12,20,22H,13,24H2;1H/t20-,22+;/m0./s1. The lowest BCUT2D eigenvalue weighted by molar-refractivity contribution is 0.103. The van der Waals surface area contributed by atoms with Gasteiger partial charge in [-0.3, -0.25) is 4.79 Å². The summed E-state index contributed by atoms with van der Waals surface area (Å²) < 4.78 is 19.1. The molecule has 2 N–H and O–H groups in total. The first-order valence-corrected chi connectivity index (χ1v) is 8.52. The smallest absolute Gasteiger partial charge is 0.193 e. The predicted molar refractivity (Wildman–Crippen MR) is 105 cm³/mol. The van der Waals surface area contributed by atoms with Crippen LogP contribution in [0, 0.1) is 5.82 Å². The van der Waals surface area contributed by atoms with Crippen molar-refractivity contribution in [2.75, 3.05) is 0 Å². The van der Waals surface area contributed by atoms with Crippen LogP contribution in [0.25, 0.3) is 0 Å². The number of carbonyl (C=O) groups excluding carboxylic acids is 1. The van der Waals surface area contributed by atoms with Crippen LogP contribution in [0.3, 0.4) is 0 Å². The van der Waals surface area contributed by atoms with E-state index in [1.165, 1.54) is 29.8 Å². The molecule has 3 aromatic carbocycles. The lowest BCUT2D eigenvalue weighted by Crippen LogP contribution is -2.28. The van der Waals surface area contributed by atoms with Crippen molar-refractivity contribution in [3.8, 4) is 5.75 Å². The van der Waals surface area contributed by atoms with Crippen molar-refractivity contribution >= 4 is 18.2 Å². The van der Waals surface area contributed by atoms with E-state index in [0.29, 0.717) is 16.9 Å². The van der Waals surface area contributed by atoms with E-state index in [-0.39, 0.29) is 36.2 Å². The minimum absolute atomic E-state index is 0. The minimum atomic E-state index is -0.363. The third-order valence-electron chi connectivity index (χ3n) is 4.69. The van der Waals surface area contributed by atoms with Crippen molar-refractivity contribution in [1.82, 2.24) is 0 Å². The molecular weight excluding hydrogens is 365 g/mol. The number of rotatable bonds is 4. The number of ketones is 1. The van der Waals surface area contributed by atoms with Crippen LogP contribution in [0.1, 0.15) is 33.2 Å². The molecule has 0 saturated heterocycles. The summed E-state index contributed by atoms with van der Waals surface area (Å²) in [5, 5.41) is 0. The molecule has 0 aliphatic heterocycles. The monoisotopic (exact) mass is 383 g/mol. The van der Waals surface area contributed by atoms with Gasteiger partial charge in [0.05, 0.1) is 0 Å². The molecule has 0 heterocycles. The molecule has 0 unspecified atom stereocenters. The molecule has 2 atom stereocenters. The highest BCUT2D eigenvalue weighted by Crippen LogP contribution is 2.34. The molecule has 3 aromatic rings. The predicted octanol–water partition coefficient (Wildman–Crippen LogP) is 4.48. The first-order chi connectivity index (χ1) is 12.6. The van der Waals surface area contributed by atoms with Gasteiger partial charge in [0.15, 0.2) is 5.78 Å². The van der Waals surface area contributed by atoms with Gasteiger partial charge in [0.1, 0.15) is 17.7 Å². The van der Waals surface area contributed by atoms with E-state index >= 15 is 0 Å². The number of carbonyl (C=O) groups is 1. The maximum Gasteiger partial charge on any atom is 0.193 e. The Bertz CT molecular complexity index is 941. The second-order valence-electron chi connectivity index (χ2n) is 6.47. The quantitative estimate of drug-likeness (QED) is 0.676. The lowest BCUT2D eigenvalue weighted by Gasteiger charge is -2.19. The van der Waals surface area contributed by atoms with Crippen molar-refractivity contribution in [3.05, 3.63) is 101 Å². The maximum atomic E-state index is 13.0. The van der Waals surface area contributed by atoms with Gasteiger partial charge in [-0.05, 0) is 66.1 Å². The number of hydrogen-bond acceptors (Lipinski definition) is 3. The topological polar surface area (TPSA) is 52.3 Å². The molecule has 0 spiro atoms. The highest BCUT2D eigenvalue weighted by Gasteiger charge is 2.31. The molecule has 1 aliphatic rings. The van der Waals surface area contributed by atoms with Crippen LogP contribution < -0.4 is 10.5 Å². The Hall–Kier alpha value is -2.69. The van der Waals surface area contributed by atoms with Gasteiger partial charge in [-0.1, -0.05) is 24.3 Å². The van der Waals surface area contributed by atoms with Crippen LogP contribution in [-0.4, -0.2) is 11.8 Å². The van der Waals surface area contributed by atoms with Gasteiger partial charge in [0.25, 0.3) is 0 Å². The van der Waals surface area contributed by atoms with E-state index in [9.17, 15) is 9.18 Å². The van der Waals surface area contributed by atoms with E-state index in [1.807, 2.05) is 18.2 Å². The van der Waals surface area contributed by atoms with Crippen LogP contribution in [0.4, 0.5) is 4.39 Å². The fourth-order valence-electron chi connectivity index (χ4n) is 3.34. The number of halogens is 2. The van der Waals surface area contributed by atoms with Crippen LogP contribution in [-0.2, 0) is 6.42 Å². The summed E-state index contributed by atoms with van der Waals surface area (Å²) in [5.41, 5.74) is 9.55. The largest absolute Gasteiger partial charge is 0.484 e. The Morgan fingerprint density at radius 1 is 0.926 bits per heavy atom. The first kappa shape index (κ1) is 19.1. The third-order valence-corrected chi connectivity index (χ3v) is 4.69. The van der Waals surface area contributed by atoms with E-state index in [1.54, 1.807) is 24.3 Å². The molecule has 5 heteroatoms. The molecule has 0 radical (unpaired) electrons. The second kappa shape index (κ2) is 7.91. The third kappa shape index (κ3) is 3.87. The van der Waals surface area contributed by atoms with E-state index < -0.39 is 0 Å². The van der Waals surface area contributed by atoms with Gasteiger partial charge < -0.3 is 10.5 Å². The fourth-order valence-corrected chi connectivity index (χ4v) is 3.34. The van der Waals surface area contributed by atoms with E-state index in [0.717, 1.165) is 12.0 Å². The van der Waals surface area contributed by atoms with Crippen LogP contribution in [0.5, 0.6) is 5.75 Å². The Kier molecular flexibility index (Phi) is 5.59. The molecule has 0 saturated carbocycles. The normalized spacial score (nSPS) is 17.7. The number of benzene rings is 3. The zero-order valence-corrected chi connectivity index (χ0v) is 15.3. The first-order valence-electron chi connectivity index (χ1n) is 8.52. The van der Waals surface area contributed by atoms with Gasteiger partial charge >= 0.3 is 0 Å². The summed E-state index contributed by atoms with van der Waals surface area (Å²) in [6.45, 7) is 0. The molecule has 0 amide bonds. The average Bonchev–Trinajstić information content (AvgIpc) is 2.98. The van der Waals surface area contributed by atoms with Crippen molar-refractivity contribution in [3.63, 3.8) is 0 Å². The highest BCUT2D eigenvalue weighted by atomic mass is 35.5. The van der Waals surface area contributed by atoms with Crippen LogP contribution in [0.2, 0.25) is 0 Å². The molecule has 3 nitrogen and oxygen atoms in total. The molecule has 1 aliphatic carbocycles. The molecule has 27 heavy (non-hydrogen) atoms. The van der Waals surface area contributed by atoms with Crippen molar-refractivity contribution < 1.29 is 13.9 Å². The molecular formula is C22H19ClFNO2. The Morgan fingerprint density at radius 3 is 2.19 bits per heavy atom.